The molecule has 0 radical (unpaired) electrons. The molecule has 3 heteroatoms. The number of rotatable bonds is 3. The molecular weight excluding hydrogens is 453 g/mol. The van der Waals surface area contributed by atoms with Crippen LogP contribution in [-0.4, -0.2) is 4.98 Å². The average Bonchev–Trinajstić information content (AvgIpc) is 2.69. The molecule has 0 saturated carbocycles. The summed E-state index contributed by atoms with van der Waals surface area (Å²) in [5.41, 5.74) is 6.16. The van der Waals surface area contributed by atoms with Crippen LogP contribution >= 0.6 is 34.2 Å². The van der Waals surface area contributed by atoms with Gasteiger partial charge in [0.2, 0.25) is 0 Å². The van der Waals surface area contributed by atoms with E-state index in [1.165, 1.54) is 3.57 Å². The minimum atomic E-state index is 0.707. The molecule has 0 spiro atoms. The van der Waals surface area contributed by atoms with E-state index in [-0.39, 0.29) is 0 Å². The lowest BCUT2D eigenvalue weighted by molar-refractivity contribution is 1.32. The van der Waals surface area contributed by atoms with Crippen LogP contribution in [0.1, 0.15) is 0 Å². The van der Waals surface area contributed by atoms with Gasteiger partial charge in [0.1, 0.15) is 0 Å². The van der Waals surface area contributed by atoms with Crippen molar-refractivity contribution in [2.24, 2.45) is 0 Å². The molecule has 1 aromatic heterocycles. The highest BCUT2D eigenvalue weighted by Gasteiger charge is 2.11. The Labute approximate surface area is 171 Å². The fourth-order valence-electron chi connectivity index (χ4n) is 2.93. The Morgan fingerprint density at radius 3 is 2.08 bits per heavy atom. The van der Waals surface area contributed by atoms with Gasteiger partial charge in [-0.2, -0.15) is 0 Å². The second-order valence-electron chi connectivity index (χ2n) is 5.98. The van der Waals surface area contributed by atoms with E-state index in [9.17, 15) is 0 Å². The molecule has 1 heterocycles. The number of halogens is 2. The second-order valence-corrected chi connectivity index (χ2v) is 7.64. The van der Waals surface area contributed by atoms with Crippen LogP contribution in [0.5, 0.6) is 0 Å². The summed E-state index contributed by atoms with van der Waals surface area (Å²) in [5, 5.41) is 0.707. The SMILES string of the molecule is Clc1ccccc1-c1cc(-c2ccccc2)cc(-c2cccc(I)c2)n1. The molecule has 0 amide bonds. The molecule has 4 aromatic rings. The molecule has 26 heavy (non-hydrogen) atoms. The molecular formula is C23H15ClIN. The van der Waals surface area contributed by atoms with Gasteiger partial charge in [0.25, 0.3) is 0 Å². The van der Waals surface area contributed by atoms with E-state index in [1.807, 2.05) is 30.3 Å². The standard InChI is InChI=1S/C23H15ClIN/c24-21-12-5-4-11-20(21)23-15-18(16-7-2-1-3-8-16)14-22(26-23)17-9-6-10-19(25)13-17/h1-15H. The predicted molar refractivity (Wildman–Crippen MR) is 118 cm³/mol. The van der Waals surface area contributed by atoms with Crippen molar-refractivity contribution in [3.63, 3.8) is 0 Å². The highest BCUT2D eigenvalue weighted by molar-refractivity contribution is 14.1. The van der Waals surface area contributed by atoms with Crippen LogP contribution in [0.25, 0.3) is 33.6 Å². The number of nitrogens with zero attached hydrogens (tertiary/aromatic N) is 1. The van der Waals surface area contributed by atoms with Gasteiger partial charge in [-0.15, -0.1) is 0 Å². The Morgan fingerprint density at radius 2 is 1.31 bits per heavy atom. The minimum Gasteiger partial charge on any atom is -0.248 e. The molecule has 126 valence electrons. The van der Waals surface area contributed by atoms with E-state index in [0.717, 1.165) is 33.6 Å². The molecule has 0 N–H and O–H groups in total. The summed E-state index contributed by atoms with van der Waals surface area (Å²) in [6.07, 6.45) is 0. The van der Waals surface area contributed by atoms with Gasteiger partial charge in [0.15, 0.2) is 0 Å². The molecule has 0 aliphatic heterocycles. The normalized spacial score (nSPS) is 10.7. The van der Waals surface area contributed by atoms with Crippen LogP contribution in [0.2, 0.25) is 5.02 Å². The summed E-state index contributed by atoms with van der Waals surface area (Å²) >= 11 is 8.77. The van der Waals surface area contributed by atoms with Gasteiger partial charge in [-0.3, -0.25) is 0 Å². The Bertz CT molecular complexity index is 1060. The summed E-state index contributed by atoms with van der Waals surface area (Å²) in [7, 11) is 0. The number of pyridine rings is 1. The lowest BCUT2D eigenvalue weighted by Gasteiger charge is -2.11. The van der Waals surface area contributed by atoms with E-state index >= 15 is 0 Å². The fourth-order valence-corrected chi connectivity index (χ4v) is 3.71. The van der Waals surface area contributed by atoms with Gasteiger partial charge in [-0.1, -0.05) is 72.3 Å². The Kier molecular flexibility index (Phi) is 5.05. The minimum absolute atomic E-state index is 0.707. The molecule has 0 bridgehead atoms. The topological polar surface area (TPSA) is 12.9 Å². The van der Waals surface area contributed by atoms with Crippen molar-refractivity contribution in [2.75, 3.05) is 0 Å². The fraction of sp³-hybridized carbons (Fsp3) is 0. The van der Waals surface area contributed by atoms with Crippen molar-refractivity contribution in [3.8, 4) is 33.6 Å². The maximum atomic E-state index is 6.44. The zero-order chi connectivity index (χ0) is 17.9. The van der Waals surface area contributed by atoms with E-state index in [4.69, 9.17) is 16.6 Å². The number of benzene rings is 3. The van der Waals surface area contributed by atoms with Crippen LogP contribution in [-0.2, 0) is 0 Å². The van der Waals surface area contributed by atoms with Gasteiger partial charge >= 0.3 is 0 Å². The van der Waals surface area contributed by atoms with Crippen LogP contribution in [0.3, 0.4) is 0 Å². The third-order valence-corrected chi connectivity index (χ3v) is 5.20. The first-order chi connectivity index (χ1) is 12.7. The van der Waals surface area contributed by atoms with Crippen LogP contribution < -0.4 is 0 Å². The molecule has 0 unspecified atom stereocenters. The lowest BCUT2D eigenvalue weighted by Crippen LogP contribution is -1.92. The second kappa shape index (κ2) is 7.60. The lowest BCUT2D eigenvalue weighted by atomic mass is 10.00. The summed E-state index contributed by atoms with van der Waals surface area (Å²) in [5.74, 6) is 0. The largest absolute Gasteiger partial charge is 0.248 e. The summed E-state index contributed by atoms with van der Waals surface area (Å²) in [6.45, 7) is 0. The van der Waals surface area contributed by atoms with Gasteiger partial charge in [-0.25, -0.2) is 4.98 Å². The Balaban J connectivity index is 1.95. The summed E-state index contributed by atoms with van der Waals surface area (Å²) in [6, 6.07) is 30.8. The maximum absolute atomic E-state index is 6.44. The van der Waals surface area contributed by atoms with Gasteiger partial charge in [0, 0.05) is 19.7 Å². The van der Waals surface area contributed by atoms with Crippen LogP contribution in [0, 0.1) is 3.57 Å². The highest BCUT2D eigenvalue weighted by Crippen LogP contribution is 2.33. The monoisotopic (exact) mass is 467 g/mol. The van der Waals surface area contributed by atoms with E-state index < -0.39 is 0 Å². The zero-order valence-corrected chi connectivity index (χ0v) is 16.8. The van der Waals surface area contributed by atoms with Crippen molar-refractivity contribution in [1.29, 1.82) is 0 Å². The van der Waals surface area contributed by atoms with Crippen molar-refractivity contribution in [3.05, 3.63) is 99.6 Å². The van der Waals surface area contributed by atoms with Crippen molar-refractivity contribution < 1.29 is 0 Å². The number of aromatic nitrogens is 1. The highest BCUT2D eigenvalue weighted by atomic mass is 127. The van der Waals surface area contributed by atoms with Crippen molar-refractivity contribution >= 4 is 34.2 Å². The van der Waals surface area contributed by atoms with E-state index in [1.54, 1.807) is 0 Å². The molecule has 0 aliphatic rings. The molecule has 0 aliphatic carbocycles. The Morgan fingerprint density at radius 1 is 0.615 bits per heavy atom. The van der Waals surface area contributed by atoms with Crippen molar-refractivity contribution in [2.45, 2.75) is 0 Å². The van der Waals surface area contributed by atoms with Gasteiger partial charge in [0.05, 0.1) is 11.4 Å². The molecule has 0 fully saturated rings. The smallest absolute Gasteiger partial charge is 0.0730 e. The molecule has 0 saturated heterocycles. The van der Waals surface area contributed by atoms with E-state index in [0.29, 0.717) is 5.02 Å². The molecule has 3 aromatic carbocycles. The zero-order valence-electron chi connectivity index (χ0n) is 13.9. The Hall–Kier alpha value is -2.17. The van der Waals surface area contributed by atoms with Crippen LogP contribution in [0.4, 0.5) is 0 Å². The van der Waals surface area contributed by atoms with Gasteiger partial charge in [-0.05, 0) is 64.0 Å². The third kappa shape index (κ3) is 3.67. The van der Waals surface area contributed by atoms with E-state index in [2.05, 4.69) is 83.3 Å². The maximum Gasteiger partial charge on any atom is 0.0730 e. The number of hydrogen-bond acceptors (Lipinski definition) is 1. The summed E-state index contributed by atoms with van der Waals surface area (Å²) in [4.78, 5) is 4.91. The molecule has 1 nitrogen and oxygen atoms in total. The van der Waals surface area contributed by atoms with Crippen molar-refractivity contribution in [1.82, 2.24) is 4.98 Å². The third-order valence-electron chi connectivity index (χ3n) is 4.20. The quantitative estimate of drug-likeness (QED) is 0.287. The first-order valence-electron chi connectivity index (χ1n) is 8.29. The molecule has 4 rings (SSSR count). The first kappa shape index (κ1) is 17.3. The average molecular weight is 468 g/mol. The first-order valence-corrected chi connectivity index (χ1v) is 9.75. The molecule has 0 atom stereocenters. The number of hydrogen-bond donors (Lipinski definition) is 0. The van der Waals surface area contributed by atoms with Gasteiger partial charge < -0.3 is 0 Å². The predicted octanol–water partition coefficient (Wildman–Crippen LogP) is 7.34. The summed E-state index contributed by atoms with van der Waals surface area (Å²) < 4.78 is 1.19. The van der Waals surface area contributed by atoms with Crippen LogP contribution in [0.15, 0.2) is 91.0 Å².